The Balaban J connectivity index is 3.40. The molecule has 0 saturated carbocycles. The van der Waals surface area contributed by atoms with E-state index < -0.39 is 31.3 Å². The monoisotopic (exact) mass is 410 g/mol. The zero-order valence-corrected chi connectivity index (χ0v) is 19.5. The number of methoxy groups -OCH3 is 1. The molecule has 1 rings (SSSR count). The first-order chi connectivity index (χ1) is 12.9. The maximum Gasteiger partial charge on any atom is 0.408 e. The van der Waals surface area contributed by atoms with Crippen LogP contribution in [0.5, 0.6) is 0 Å². The molecule has 2 radical (unpaired) electrons. The normalized spacial score (nSPS) is 24.9. The first-order valence-electron chi connectivity index (χ1n) is 9.88. The van der Waals surface area contributed by atoms with Gasteiger partial charge in [0.05, 0.1) is 17.7 Å². The van der Waals surface area contributed by atoms with E-state index >= 15 is 0 Å². The van der Waals surface area contributed by atoms with E-state index in [0.29, 0.717) is 6.42 Å². The molecule has 6 nitrogen and oxygen atoms in total. The lowest BCUT2D eigenvalue weighted by atomic mass is 9.81. The molecule has 0 aromatic rings. The molecule has 1 N–H and O–H groups in total. The molecule has 8 heteroatoms. The number of carbonyl (C=O) groups excluding carboxylic acids is 2. The Morgan fingerprint density at radius 1 is 1.43 bits per heavy atom. The Hall–Kier alpha value is -1.07. The fourth-order valence-electron chi connectivity index (χ4n) is 3.88. The van der Waals surface area contributed by atoms with Gasteiger partial charge in [-0.25, -0.2) is 4.79 Å². The second kappa shape index (κ2) is 10.1. The van der Waals surface area contributed by atoms with Gasteiger partial charge in [0.1, 0.15) is 13.2 Å². The van der Waals surface area contributed by atoms with Crippen molar-refractivity contribution < 1.29 is 19.1 Å². The van der Waals surface area contributed by atoms with Crippen molar-refractivity contribution in [3.05, 3.63) is 12.2 Å². The summed E-state index contributed by atoms with van der Waals surface area (Å²) in [7, 11) is 6.71. The first kappa shape index (κ1) is 25.0. The maximum absolute atomic E-state index is 12.7. The van der Waals surface area contributed by atoms with Crippen LogP contribution in [0.1, 0.15) is 60.8 Å². The largest absolute Gasteiger partial charge is 0.444 e. The number of rotatable bonds is 8. The van der Waals surface area contributed by atoms with Gasteiger partial charge in [-0.1, -0.05) is 33.4 Å². The van der Waals surface area contributed by atoms with Crippen molar-refractivity contribution in [1.29, 1.82) is 0 Å². The van der Waals surface area contributed by atoms with Gasteiger partial charge >= 0.3 is 6.09 Å². The number of carbonyl (C=O) groups is 2. The smallest absolute Gasteiger partial charge is 0.408 e. The van der Waals surface area contributed by atoms with Crippen LogP contribution in [0.15, 0.2) is 12.2 Å². The van der Waals surface area contributed by atoms with E-state index in [2.05, 4.69) is 12.2 Å². The number of hydrogen-bond donors (Lipinski definition) is 1. The van der Waals surface area contributed by atoms with Crippen LogP contribution in [0.3, 0.4) is 0 Å². The molecule has 1 aliphatic heterocycles. The van der Waals surface area contributed by atoms with Gasteiger partial charge in [-0.15, -0.1) is 0 Å². The summed E-state index contributed by atoms with van der Waals surface area (Å²) < 4.78 is 13.2. The topological polar surface area (TPSA) is 67.9 Å². The minimum Gasteiger partial charge on any atom is -0.444 e. The average Bonchev–Trinajstić information content (AvgIpc) is 2.87. The molecule has 1 heterocycles. The van der Waals surface area contributed by atoms with Crippen LogP contribution < -0.4 is 5.32 Å². The molecule has 1 fully saturated rings. The van der Waals surface area contributed by atoms with Crippen LogP contribution >= 0.6 is 7.95 Å². The van der Waals surface area contributed by atoms with Crippen LogP contribution in [-0.2, 0) is 14.3 Å². The van der Waals surface area contributed by atoms with Gasteiger partial charge in [-0.3, -0.25) is 4.79 Å². The van der Waals surface area contributed by atoms with E-state index in [4.69, 9.17) is 17.0 Å². The number of ether oxygens (including phenoxy) is 2. The summed E-state index contributed by atoms with van der Waals surface area (Å²) in [6.45, 7) is 13.3. The average molecular weight is 410 g/mol. The number of allylic oxidation sites excluding steroid dienone is 1. The standard InChI is InChI=1S/C20H36BN2O4P/c1-9-11-14-13-15(24)23(28(8)21)16(14)17(20(6,26-7)12-10-2)22-18(25)27-19(3,4)5/h9,11,14,16-17H,10,12-13H2,1-8H3,(H,22,25)/b11-9-/t14-,16-,17-,20+,28?/m1/s1. The molecule has 1 unspecified atom stereocenters. The molecule has 0 spiro atoms. The van der Waals surface area contributed by atoms with Crippen LogP contribution in [0.4, 0.5) is 4.79 Å². The minimum atomic E-state index is -1.16. The molecule has 0 aromatic heterocycles. The quantitative estimate of drug-likeness (QED) is 0.373. The SMILES string of the molecule is [B]P(C)N1C(=O)C[C@@H](/C=C\C)[C@@H]1[C@@H](NC(=O)OC(C)(C)C)[C@](C)(CCC)OC. The molecule has 158 valence electrons. The van der Waals surface area contributed by atoms with Gasteiger partial charge < -0.3 is 19.5 Å². The summed E-state index contributed by atoms with van der Waals surface area (Å²) in [6, 6.07) is -0.762. The third-order valence-electron chi connectivity index (χ3n) is 5.05. The summed E-state index contributed by atoms with van der Waals surface area (Å²) >= 11 is 0. The fourth-order valence-corrected chi connectivity index (χ4v) is 5.04. The van der Waals surface area contributed by atoms with E-state index in [9.17, 15) is 9.59 Å². The predicted molar refractivity (Wildman–Crippen MR) is 116 cm³/mol. The Kier molecular flexibility index (Phi) is 9.02. The zero-order chi connectivity index (χ0) is 21.7. The van der Waals surface area contributed by atoms with Crippen molar-refractivity contribution in [3.8, 4) is 0 Å². The molecular weight excluding hydrogens is 374 g/mol. The molecule has 2 amide bonds. The molecule has 0 aliphatic carbocycles. The second-order valence-electron chi connectivity index (χ2n) is 8.59. The van der Waals surface area contributed by atoms with E-state index in [1.807, 2.05) is 53.4 Å². The highest BCUT2D eigenvalue weighted by Gasteiger charge is 2.51. The van der Waals surface area contributed by atoms with E-state index in [1.165, 1.54) is 0 Å². The van der Waals surface area contributed by atoms with Crippen LogP contribution in [0.2, 0.25) is 0 Å². The highest BCUT2D eigenvalue weighted by Crippen LogP contribution is 2.45. The van der Waals surface area contributed by atoms with Gasteiger partial charge in [-0.05, 0) is 47.7 Å². The number of nitrogens with zero attached hydrogens (tertiary/aromatic N) is 1. The lowest BCUT2D eigenvalue weighted by molar-refractivity contribution is -0.125. The molecule has 5 atom stereocenters. The van der Waals surface area contributed by atoms with Crippen molar-refractivity contribution in [2.45, 2.75) is 84.1 Å². The zero-order valence-electron chi connectivity index (χ0n) is 18.6. The number of nitrogens with one attached hydrogen (secondary N) is 1. The molecule has 1 aliphatic rings. The molecule has 0 aromatic carbocycles. The van der Waals surface area contributed by atoms with Gasteiger partial charge in [-0.2, -0.15) is 0 Å². The number of amides is 2. The highest BCUT2D eigenvalue weighted by atomic mass is 31.1. The Labute approximate surface area is 173 Å². The molecule has 28 heavy (non-hydrogen) atoms. The Bertz CT molecular complexity index is 579. The van der Waals surface area contributed by atoms with Gasteiger partial charge in [0.15, 0.2) is 0 Å². The van der Waals surface area contributed by atoms with Crippen molar-refractivity contribution in [1.82, 2.24) is 9.99 Å². The van der Waals surface area contributed by atoms with Gasteiger partial charge in [0.2, 0.25) is 5.91 Å². The van der Waals surface area contributed by atoms with E-state index in [-0.39, 0.29) is 17.9 Å². The number of hydrogen-bond acceptors (Lipinski definition) is 4. The summed E-state index contributed by atoms with van der Waals surface area (Å²) in [6.07, 6.45) is 5.40. The summed E-state index contributed by atoms with van der Waals surface area (Å²) in [5.41, 5.74) is -1.30. The Morgan fingerprint density at radius 2 is 2.04 bits per heavy atom. The number of alkyl carbamates (subject to hydrolysis) is 1. The van der Waals surface area contributed by atoms with Crippen molar-refractivity contribution in [2.24, 2.45) is 5.92 Å². The highest BCUT2D eigenvalue weighted by molar-refractivity contribution is 7.80. The summed E-state index contributed by atoms with van der Waals surface area (Å²) in [4.78, 5) is 25.4. The van der Waals surface area contributed by atoms with Crippen LogP contribution in [0.25, 0.3) is 0 Å². The first-order valence-corrected chi connectivity index (χ1v) is 11.7. The molecule has 0 bridgehead atoms. The van der Waals surface area contributed by atoms with Crippen molar-refractivity contribution in [3.63, 3.8) is 0 Å². The lowest BCUT2D eigenvalue weighted by Gasteiger charge is -2.45. The summed E-state index contributed by atoms with van der Waals surface area (Å²) in [5.74, 6) is -0.0487. The van der Waals surface area contributed by atoms with Crippen LogP contribution in [-0.4, -0.2) is 61.3 Å². The minimum absolute atomic E-state index is 0.00940. The maximum atomic E-state index is 12.7. The molecular formula is C20H36BN2O4P. The van der Waals surface area contributed by atoms with Gasteiger partial charge in [0, 0.05) is 19.4 Å². The van der Waals surface area contributed by atoms with Crippen molar-refractivity contribution in [2.75, 3.05) is 13.8 Å². The second-order valence-corrected chi connectivity index (χ2v) is 10.2. The lowest BCUT2D eigenvalue weighted by Crippen LogP contribution is -2.62. The third-order valence-corrected chi connectivity index (χ3v) is 6.22. The summed E-state index contributed by atoms with van der Waals surface area (Å²) in [5, 5.41) is 3.03. The van der Waals surface area contributed by atoms with E-state index in [1.54, 1.807) is 11.8 Å². The van der Waals surface area contributed by atoms with Gasteiger partial charge in [0.25, 0.3) is 0 Å². The van der Waals surface area contributed by atoms with Crippen molar-refractivity contribution >= 4 is 27.5 Å². The predicted octanol–water partition coefficient (Wildman–Crippen LogP) is 3.99. The molecule has 1 saturated heterocycles. The fraction of sp³-hybridized carbons (Fsp3) is 0.800. The van der Waals surface area contributed by atoms with Crippen LogP contribution in [0, 0.1) is 5.92 Å². The Morgan fingerprint density at radius 3 is 2.46 bits per heavy atom. The third kappa shape index (κ3) is 6.22. The van der Waals surface area contributed by atoms with E-state index in [0.717, 1.165) is 12.8 Å².